The molecule has 0 bridgehead atoms. The number of aliphatic carboxylic acids is 1. The summed E-state index contributed by atoms with van der Waals surface area (Å²) in [6.07, 6.45) is -0.134. The number of nitrogens with zero attached hydrogens (tertiary/aromatic N) is 4. The minimum atomic E-state index is -1.63. The average Bonchev–Trinajstić information content (AvgIpc) is 1.59. The summed E-state index contributed by atoms with van der Waals surface area (Å²) in [7, 11) is 0. The van der Waals surface area contributed by atoms with Crippen molar-refractivity contribution in [1.82, 2.24) is 58.1 Å². The Morgan fingerprint density at radius 1 is 0.469 bits per heavy atom. The number of carbonyl (C=O) groups is 14. The van der Waals surface area contributed by atoms with E-state index in [2.05, 4.69) is 68.1 Å². The van der Waals surface area contributed by atoms with Crippen molar-refractivity contribution < 1.29 is 72.2 Å². The van der Waals surface area contributed by atoms with Crippen LogP contribution in [0.5, 0.6) is 0 Å². The van der Waals surface area contributed by atoms with Gasteiger partial charge >= 0.3 is 5.97 Å². The van der Waals surface area contributed by atoms with Crippen molar-refractivity contribution in [3.63, 3.8) is 0 Å². The molecule has 0 unspecified atom stereocenters. The fraction of sp³-hybridized carbons (Fsp3) is 0.717. The van der Waals surface area contributed by atoms with Gasteiger partial charge in [-0.15, -0.1) is 0 Å². The Balaban J connectivity index is 3.60. The number of carboxylic acid groups (broad SMARTS) is 1. The average molecular weight is 1390 g/mol. The summed E-state index contributed by atoms with van der Waals surface area (Å²) >= 11 is 0. The SMILES string of the molecule is CC[C@H](C)[C@H](NC(=O)[C@H](CC(C)C)NC(=O)[C@H](CCCN=C(N)N)NC(=O)[C@H](CC(C)C)NC(=O)[C@H](CCC(N)=O)NC(=O)[C@H](CCCN=C(N)N)NC(=O)[C@@H](NC(=O)CNC(=O)[C@H](CCCN=C(N)N)NC(=O)[C@@H]1CCCN1C(=O)[C@@H](N)CCC(N)=O)C(C)C)C(=O)NCC(=O)O. The number of hydrogen-bond acceptors (Lipinski definition) is 18. The highest BCUT2D eigenvalue weighted by atomic mass is 16.4. The smallest absolute Gasteiger partial charge is 0.322 e. The van der Waals surface area contributed by atoms with E-state index < -0.39 is 181 Å². The van der Waals surface area contributed by atoms with E-state index in [4.69, 9.17) is 51.6 Å². The van der Waals surface area contributed by atoms with Gasteiger partial charge < -0.3 is 115 Å². The van der Waals surface area contributed by atoms with Crippen LogP contribution in [0, 0.1) is 23.7 Å². The van der Waals surface area contributed by atoms with E-state index in [-0.39, 0.29) is 127 Å². The number of aliphatic imine (C=N–C) groups is 3. The maximum Gasteiger partial charge on any atom is 0.322 e. The molecule has 0 radical (unpaired) electrons. The highest BCUT2D eigenvalue weighted by Crippen LogP contribution is 2.20. The number of carboxylic acids is 1. The lowest BCUT2D eigenvalue weighted by molar-refractivity contribution is -0.140. The summed E-state index contributed by atoms with van der Waals surface area (Å²) in [6, 6.07) is -13.3. The molecule has 1 aliphatic rings. The summed E-state index contributed by atoms with van der Waals surface area (Å²) in [4.78, 5) is 201. The van der Waals surface area contributed by atoms with Crippen LogP contribution in [0.3, 0.4) is 0 Å². The second kappa shape index (κ2) is 45.0. The summed E-state index contributed by atoms with van der Waals surface area (Å²) in [6.45, 7) is 12.3. The van der Waals surface area contributed by atoms with Gasteiger partial charge in [0.25, 0.3) is 0 Å². The number of nitrogens with two attached hydrogens (primary N) is 9. The van der Waals surface area contributed by atoms with Crippen LogP contribution in [-0.4, -0.2) is 210 Å². The second-order valence-electron chi connectivity index (χ2n) is 25.3. The van der Waals surface area contributed by atoms with Gasteiger partial charge in [0.05, 0.1) is 12.6 Å². The van der Waals surface area contributed by atoms with Crippen LogP contribution in [-0.2, 0) is 67.1 Å². The molecule has 98 heavy (non-hydrogen) atoms. The van der Waals surface area contributed by atoms with Gasteiger partial charge in [0, 0.05) is 39.0 Å². The van der Waals surface area contributed by atoms with Crippen molar-refractivity contribution in [3.8, 4) is 0 Å². The monoisotopic (exact) mass is 1390 g/mol. The van der Waals surface area contributed by atoms with Crippen LogP contribution < -0.4 is 105 Å². The Hall–Kier alpha value is -9.65. The van der Waals surface area contributed by atoms with Gasteiger partial charge in [-0.3, -0.25) is 82.1 Å². The van der Waals surface area contributed by atoms with Gasteiger partial charge in [-0.25, -0.2) is 0 Å². The predicted octanol–water partition coefficient (Wildman–Crippen LogP) is -7.01. The first-order valence-corrected chi connectivity index (χ1v) is 32.9. The lowest BCUT2D eigenvalue weighted by Crippen LogP contribution is -2.61. The Morgan fingerprint density at radius 3 is 1.29 bits per heavy atom. The lowest BCUT2D eigenvalue weighted by atomic mass is 9.96. The number of guanidine groups is 3. The third-order valence-electron chi connectivity index (χ3n) is 15.5. The van der Waals surface area contributed by atoms with Crippen molar-refractivity contribution in [2.24, 2.45) is 90.3 Å². The van der Waals surface area contributed by atoms with Crippen LogP contribution in [0.1, 0.15) is 152 Å². The molecule has 0 aromatic carbocycles. The van der Waals surface area contributed by atoms with Gasteiger partial charge in [-0.05, 0) is 101 Å². The highest BCUT2D eigenvalue weighted by molar-refractivity contribution is 5.99. The fourth-order valence-corrected chi connectivity index (χ4v) is 10.1. The van der Waals surface area contributed by atoms with E-state index in [1.54, 1.807) is 55.4 Å². The molecule has 1 rings (SSSR count). The summed E-state index contributed by atoms with van der Waals surface area (Å²) in [5.74, 6) is -14.5. The van der Waals surface area contributed by atoms with E-state index in [0.717, 1.165) is 0 Å². The molecule has 11 atom stereocenters. The minimum absolute atomic E-state index is 0.000744. The number of likely N-dealkylation sites (tertiary alicyclic amines) is 1. The fourth-order valence-electron chi connectivity index (χ4n) is 10.1. The molecule has 0 aromatic heterocycles. The zero-order valence-corrected chi connectivity index (χ0v) is 57.6. The van der Waals surface area contributed by atoms with Crippen LogP contribution >= 0.6 is 0 Å². The van der Waals surface area contributed by atoms with Gasteiger partial charge in [0.15, 0.2) is 17.9 Å². The van der Waals surface area contributed by atoms with E-state index in [0.29, 0.717) is 12.8 Å². The van der Waals surface area contributed by atoms with Gasteiger partial charge in [-0.2, -0.15) is 0 Å². The molecule has 0 aromatic rings. The Morgan fingerprint density at radius 2 is 0.867 bits per heavy atom. The number of amides is 13. The van der Waals surface area contributed by atoms with E-state index in [1.165, 1.54) is 4.90 Å². The quantitative estimate of drug-likeness (QED) is 0.0153. The first-order valence-electron chi connectivity index (χ1n) is 32.9. The lowest BCUT2D eigenvalue weighted by Gasteiger charge is -2.29. The number of nitrogens with one attached hydrogen (secondary N) is 10. The van der Waals surface area contributed by atoms with Crippen molar-refractivity contribution in [2.75, 3.05) is 39.3 Å². The molecule has 38 nitrogen and oxygen atoms in total. The molecule has 0 saturated carbocycles. The molecule has 0 aliphatic carbocycles. The Labute approximate surface area is 570 Å². The van der Waals surface area contributed by atoms with Gasteiger partial charge in [-0.1, -0.05) is 61.8 Å². The number of hydrogen-bond donors (Lipinski definition) is 20. The van der Waals surface area contributed by atoms with Crippen LogP contribution in [0.25, 0.3) is 0 Å². The first kappa shape index (κ1) is 86.4. The van der Waals surface area contributed by atoms with E-state index in [9.17, 15) is 72.2 Å². The van der Waals surface area contributed by atoms with Crippen LogP contribution in [0.15, 0.2) is 15.0 Å². The van der Waals surface area contributed by atoms with Crippen LogP contribution in [0.2, 0.25) is 0 Å². The van der Waals surface area contributed by atoms with E-state index in [1.807, 2.05) is 0 Å². The number of primary amides is 2. The predicted molar refractivity (Wildman–Crippen MR) is 362 cm³/mol. The van der Waals surface area contributed by atoms with E-state index >= 15 is 0 Å². The Kier molecular flexibility index (Phi) is 39.6. The third kappa shape index (κ3) is 34.3. The largest absolute Gasteiger partial charge is 0.480 e. The molecule has 38 heteroatoms. The highest BCUT2D eigenvalue weighted by Gasteiger charge is 2.39. The maximum atomic E-state index is 14.5. The Bertz CT molecular complexity index is 2810. The summed E-state index contributed by atoms with van der Waals surface area (Å²) < 4.78 is 0. The molecule has 29 N–H and O–H groups in total. The zero-order valence-electron chi connectivity index (χ0n) is 57.6. The third-order valence-corrected chi connectivity index (χ3v) is 15.5. The normalized spacial score (nSPS) is 15.7. The molecule has 1 fully saturated rings. The summed E-state index contributed by atoms with van der Waals surface area (Å²) in [5, 5.41) is 34.8. The number of carbonyl (C=O) groups excluding carboxylic acids is 13. The van der Waals surface area contributed by atoms with Crippen LogP contribution in [0.4, 0.5) is 0 Å². The molecule has 1 aliphatic heterocycles. The molecular formula is C60H109N23O15. The molecule has 0 spiro atoms. The standard InChI is InChI=1S/C60H109N23O15/c1-9-33(8)47(55(96)74-29-45(87)88)82-53(94)40(27-31(4)5)80-50(91)36(15-11-23-71-59(66)67)75-52(93)39(26-30(2)3)79-51(92)38(19-21-43(63)85)76-49(90)37(16-12-24-72-60(68)69)78-56(97)46(32(6)7)81-44(86)28-73-48(89)35(14-10-22-70-58(64)65)77-54(95)41-17-13-25-83(41)57(98)34(61)18-20-42(62)84/h30-41,46-47H,9-29,61H2,1-8H3,(H2,62,84)(H2,63,85)(H,73,89)(H,74,96)(H,75,93)(H,76,90)(H,77,95)(H,78,97)(H,79,92)(H,80,91)(H,81,86)(H,82,94)(H,87,88)(H4,64,65,70)(H4,66,67,71)(H4,68,69,72)/t33-,34-,35-,36-,37-,38-,39-,40-,41-,46-,47-/m0/s1. The van der Waals surface area contributed by atoms with Crippen molar-refractivity contribution in [1.29, 1.82) is 0 Å². The topological polar surface area (TPSA) is 654 Å². The molecular weight excluding hydrogens is 1280 g/mol. The molecule has 13 amide bonds. The van der Waals surface area contributed by atoms with Gasteiger partial charge in [0.1, 0.15) is 60.9 Å². The van der Waals surface area contributed by atoms with Crippen molar-refractivity contribution in [3.05, 3.63) is 0 Å². The first-order chi connectivity index (χ1) is 45.9. The second-order valence-corrected chi connectivity index (χ2v) is 25.3. The molecule has 1 heterocycles. The molecule has 554 valence electrons. The summed E-state index contributed by atoms with van der Waals surface area (Å²) in [5.41, 5.74) is 49.9. The zero-order chi connectivity index (χ0) is 74.5. The minimum Gasteiger partial charge on any atom is -0.480 e. The molecule has 1 saturated heterocycles. The maximum absolute atomic E-state index is 14.5. The van der Waals surface area contributed by atoms with Crippen molar-refractivity contribution >= 4 is 101 Å². The number of rotatable bonds is 47. The van der Waals surface area contributed by atoms with Crippen molar-refractivity contribution in [2.45, 2.75) is 212 Å². The van der Waals surface area contributed by atoms with Gasteiger partial charge in [0.2, 0.25) is 76.8 Å².